The summed E-state index contributed by atoms with van der Waals surface area (Å²) in [7, 11) is 0. The molecule has 0 N–H and O–H groups in total. The quantitative estimate of drug-likeness (QED) is 0.635. The fraction of sp³-hybridized carbons (Fsp3) is 0.143. The van der Waals surface area contributed by atoms with Gasteiger partial charge in [-0.05, 0) is 13.0 Å². The molecular weight excluding hydrogens is 215 g/mol. The van der Waals surface area contributed by atoms with Gasteiger partial charge in [0.1, 0.15) is 5.82 Å². The van der Waals surface area contributed by atoms with E-state index in [0.29, 0.717) is 15.3 Å². The first-order valence-corrected chi connectivity index (χ1v) is 4.83. The molecule has 0 aromatic carbocycles. The van der Waals surface area contributed by atoms with Crippen LogP contribution in [0.25, 0.3) is 10.2 Å². The van der Waals surface area contributed by atoms with Crippen LogP contribution in [0.2, 0.25) is 9.49 Å². The van der Waals surface area contributed by atoms with E-state index >= 15 is 0 Å². The van der Waals surface area contributed by atoms with E-state index in [-0.39, 0.29) is 0 Å². The molecule has 2 nitrogen and oxygen atoms in total. The first-order chi connectivity index (χ1) is 5.66. The third-order valence-corrected chi connectivity index (χ3v) is 3.06. The molecule has 0 atom stereocenters. The van der Waals surface area contributed by atoms with Crippen LogP contribution in [-0.2, 0) is 0 Å². The van der Waals surface area contributed by atoms with E-state index in [4.69, 9.17) is 23.2 Å². The van der Waals surface area contributed by atoms with Crippen molar-refractivity contribution in [1.29, 1.82) is 0 Å². The Labute approximate surface area is 83.2 Å². The number of thiophene rings is 1. The Morgan fingerprint density at radius 1 is 1.33 bits per heavy atom. The summed E-state index contributed by atoms with van der Waals surface area (Å²) in [4.78, 5) is 8.21. The zero-order valence-electron chi connectivity index (χ0n) is 6.14. The molecule has 0 aliphatic rings. The third-order valence-electron chi connectivity index (χ3n) is 1.41. The maximum atomic E-state index is 5.88. The number of aryl methyl sites for hydroxylation is 1. The zero-order chi connectivity index (χ0) is 8.72. The summed E-state index contributed by atoms with van der Waals surface area (Å²) in [6.07, 6.45) is 0. The number of rotatable bonds is 0. The molecule has 0 fully saturated rings. The lowest BCUT2D eigenvalue weighted by atomic mass is 10.4. The van der Waals surface area contributed by atoms with Crippen molar-refractivity contribution < 1.29 is 0 Å². The summed E-state index contributed by atoms with van der Waals surface area (Å²) in [5, 5.41) is 0.481. The lowest BCUT2D eigenvalue weighted by molar-refractivity contribution is 1.10. The van der Waals surface area contributed by atoms with Crippen LogP contribution >= 0.6 is 34.5 Å². The van der Waals surface area contributed by atoms with Gasteiger partial charge in [0.15, 0.2) is 5.15 Å². The fourth-order valence-corrected chi connectivity index (χ4v) is 2.35. The molecule has 2 aromatic heterocycles. The highest BCUT2D eigenvalue weighted by Crippen LogP contribution is 2.32. The van der Waals surface area contributed by atoms with Gasteiger partial charge < -0.3 is 0 Å². The molecular formula is C7H4Cl2N2S. The van der Waals surface area contributed by atoms with E-state index in [9.17, 15) is 0 Å². The average Bonchev–Trinajstić information content (AvgIpc) is 2.29. The lowest BCUT2D eigenvalue weighted by Gasteiger charge is -1.93. The van der Waals surface area contributed by atoms with Gasteiger partial charge in [0, 0.05) is 0 Å². The summed E-state index contributed by atoms with van der Waals surface area (Å²) in [5.74, 6) is 0.668. The van der Waals surface area contributed by atoms with Crippen molar-refractivity contribution in [2.24, 2.45) is 0 Å². The van der Waals surface area contributed by atoms with Gasteiger partial charge in [0.25, 0.3) is 0 Å². The Balaban J connectivity index is 2.88. The second-order valence-electron chi connectivity index (χ2n) is 2.33. The zero-order valence-corrected chi connectivity index (χ0v) is 8.46. The molecule has 0 aliphatic heterocycles. The number of nitrogens with zero attached hydrogens (tertiary/aromatic N) is 2. The molecule has 2 rings (SSSR count). The van der Waals surface area contributed by atoms with Crippen LogP contribution in [-0.4, -0.2) is 9.97 Å². The van der Waals surface area contributed by atoms with Crippen molar-refractivity contribution in [2.45, 2.75) is 6.92 Å². The van der Waals surface area contributed by atoms with Crippen LogP contribution < -0.4 is 0 Å². The molecule has 5 heteroatoms. The van der Waals surface area contributed by atoms with Gasteiger partial charge >= 0.3 is 0 Å². The van der Waals surface area contributed by atoms with Crippen molar-refractivity contribution in [2.75, 3.05) is 0 Å². The van der Waals surface area contributed by atoms with Gasteiger partial charge in [-0.15, -0.1) is 11.3 Å². The Hall–Kier alpha value is -0.380. The van der Waals surface area contributed by atoms with E-state index in [1.165, 1.54) is 11.3 Å². The molecule has 0 radical (unpaired) electrons. The highest BCUT2D eigenvalue weighted by molar-refractivity contribution is 7.23. The molecule has 0 saturated carbocycles. The Morgan fingerprint density at radius 2 is 2.08 bits per heavy atom. The number of hydrogen-bond donors (Lipinski definition) is 0. The van der Waals surface area contributed by atoms with Crippen LogP contribution in [0.5, 0.6) is 0 Å². The van der Waals surface area contributed by atoms with Crippen molar-refractivity contribution in [3.63, 3.8) is 0 Å². The summed E-state index contributed by atoms with van der Waals surface area (Å²) >= 11 is 13.1. The predicted octanol–water partition coefficient (Wildman–Crippen LogP) is 3.31. The second-order valence-corrected chi connectivity index (χ2v) is 4.37. The summed E-state index contributed by atoms with van der Waals surface area (Å²) in [6.45, 7) is 1.80. The highest BCUT2D eigenvalue weighted by Gasteiger charge is 2.06. The first-order valence-electron chi connectivity index (χ1n) is 3.26. The Morgan fingerprint density at radius 3 is 2.83 bits per heavy atom. The standard InChI is InChI=1S/C7H4Cl2N2S/c1-3-10-4-2-5(8)12-6(4)7(9)11-3/h2H,1H3. The van der Waals surface area contributed by atoms with Crippen LogP contribution in [0.3, 0.4) is 0 Å². The molecule has 62 valence electrons. The summed E-state index contributed by atoms with van der Waals surface area (Å²) in [5.41, 5.74) is 0.822. The van der Waals surface area contributed by atoms with Crippen LogP contribution in [0, 0.1) is 6.92 Å². The summed E-state index contributed by atoms with van der Waals surface area (Å²) in [6, 6.07) is 1.79. The minimum atomic E-state index is 0.481. The van der Waals surface area contributed by atoms with Gasteiger partial charge in [0.05, 0.1) is 14.6 Å². The van der Waals surface area contributed by atoms with Gasteiger partial charge in [-0.3, -0.25) is 0 Å². The molecule has 12 heavy (non-hydrogen) atoms. The lowest BCUT2D eigenvalue weighted by Crippen LogP contribution is -1.86. The molecule has 0 amide bonds. The van der Waals surface area contributed by atoms with Crippen LogP contribution in [0.15, 0.2) is 6.07 Å². The topological polar surface area (TPSA) is 25.8 Å². The van der Waals surface area contributed by atoms with Gasteiger partial charge in [0.2, 0.25) is 0 Å². The summed E-state index contributed by atoms with van der Waals surface area (Å²) < 4.78 is 1.54. The van der Waals surface area contributed by atoms with Crippen LogP contribution in [0.1, 0.15) is 5.82 Å². The monoisotopic (exact) mass is 218 g/mol. The largest absolute Gasteiger partial charge is 0.232 e. The molecule has 2 heterocycles. The number of hydrogen-bond acceptors (Lipinski definition) is 3. The number of fused-ring (bicyclic) bond motifs is 1. The third kappa shape index (κ3) is 1.28. The van der Waals surface area contributed by atoms with E-state index in [1.807, 2.05) is 0 Å². The normalized spacial score (nSPS) is 10.9. The van der Waals surface area contributed by atoms with E-state index < -0.39 is 0 Å². The molecule has 0 aliphatic carbocycles. The van der Waals surface area contributed by atoms with E-state index in [2.05, 4.69) is 9.97 Å². The maximum absolute atomic E-state index is 5.88. The number of aromatic nitrogens is 2. The Bertz CT molecular complexity index is 438. The Kier molecular flexibility index (Phi) is 1.94. The highest BCUT2D eigenvalue weighted by atomic mass is 35.5. The molecule has 0 spiro atoms. The SMILES string of the molecule is Cc1nc(Cl)c2sc(Cl)cc2n1. The molecule has 0 unspecified atom stereocenters. The van der Waals surface area contributed by atoms with Crippen LogP contribution in [0.4, 0.5) is 0 Å². The number of halogens is 2. The molecule has 2 aromatic rings. The minimum absolute atomic E-state index is 0.481. The maximum Gasteiger partial charge on any atom is 0.150 e. The smallest absolute Gasteiger partial charge is 0.150 e. The second kappa shape index (κ2) is 2.83. The molecule has 0 bridgehead atoms. The van der Waals surface area contributed by atoms with Crippen molar-refractivity contribution in [3.8, 4) is 0 Å². The van der Waals surface area contributed by atoms with E-state index in [1.54, 1.807) is 13.0 Å². The first kappa shape index (κ1) is 8.23. The van der Waals surface area contributed by atoms with Crippen molar-refractivity contribution >= 4 is 44.8 Å². The van der Waals surface area contributed by atoms with E-state index in [0.717, 1.165) is 10.2 Å². The van der Waals surface area contributed by atoms with Gasteiger partial charge in [-0.1, -0.05) is 23.2 Å². The van der Waals surface area contributed by atoms with Gasteiger partial charge in [-0.25, -0.2) is 9.97 Å². The average molecular weight is 219 g/mol. The van der Waals surface area contributed by atoms with Crippen molar-refractivity contribution in [1.82, 2.24) is 9.97 Å². The van der Waals surface area contributed by atoms with Gasteiger partial charge in [-0.2, -0.15) is 0 Å². The predicted molar refractivity (Wildman–Crippen MR) is 52.2 cm³/mol. The fourth-order valence-electron chi connectivity index (χ4n) is 0.975. The van der Waals surface area contributed by atoms with Crippen molar-refractivity contribution in [3.05, 3.63) is 21.4 Å². The minimum Gasteiger partial charge on any atom is -0.232 e. The molecule has 0 saturated heterocycles.